The van der Waals surface area contributed by atoms with Crippen molar-refractivity contribution in [1.29, 1.82) is 0 Å². The van der Waals surface area contributed by atoms with E-state index in [1.807, 2.05) is 6.92 Å². The monoisotopic (exact) mass is 231 g/mol. The van der Waals surface area contributed by atoms with E-state index >= 15 is 0 Å². The number of hydrogen-bond acceptors (Lipinski definition) is 4. The molecular weight excluding hydrogens is 206 g/mol. The third-order valence-corrected chi connectivity index (χ3v) is 3.15. The molecule has 0 unspecified atom stereocenters. The van der Waals surface area contributed by atoms with Crippen molar-refractivity contribution in [2.45, 2.75) is 19.8 Å². The van der Waals surface area contributed by atoms with Gasteiger partial charge in [-0.3, -0.25) is 0 Å². The van der Waals surface area contributed by atoms with Crippen LogP contribution in [-0.4, -0.2) is 53.2 Å². The highest BCUT2D eigenvalue weighted by molar-refractivity contribution is 4.84. The molecule has 0 aromatic rings. The van der Waals surface area contributed by atoms with Gasteiger partial charge in [-0.05, 0) is 19.8 Å². The lowest BCUT2D eigenvalue weighted by Gasteiger charge is -2.37. The van der Waals surface area contributed by atoms with Gasteiger partial charge in [-0.1, -0.05) is 0 Å². The van der Waals surface area contributed by atoms with E-state index in [0.717, 1.165) is 59.0 Å². The van der Waals surface area contributed by atoms with Crippen LogP contribution in [0.1, 0.15) is 19.8 Å². The Morgan fingerprint density at radius 1 is 1.31 bits per heavy atom. The molecule has 1 heterocycles. The predicted molar refractivity (Wildman–Crippen MR) is 63.7 cm³/mol. The topological polar surface area (TPSA) is 39.7 Å². The average molecular weight is 231 g/mol. The first kappa shape index (κ1) is 13.9. The second-order valence-corrected chi connectivity index (χ2v) is 4.42. The van der Waals surface area contributed by atoms with Crippen molar-refractivity contribution < 1.29 is 14.2 Å². The highest BCUT2D eigenvalue weighted by Crippen LogP contribution is 2.30. The van der Waals surface area contributed by atoms with Crippen LogP contribution in [0.5, 0.6) is 0 Å². The fourth-order valence-corrected chi connectivity index (χ4v) is 2.02. The Morgan fingerprint density at radius 2 is 2.06 bits per heavy atom. The summed E-state index contributed by atoms with van der Waals surface area (Å²) < 4.78 is 16.1. The highest BCUT2D eigenvalue weighted by atomic mass is 16.5. The Balaban J connectivity index is 2.30. The number of methoxy groups -OCH3 is 1. The van der Waals surface area contributed by atoms with E-state index < -0.39 is 0 Å². The molecule has 1 saturated heterocycles. The van der Waals surface area contributed by atoms with Crippen LogP contribution >= 0.6 is 0 Å². The molecule has 0 aromatic carbocycles. The highest BCUT2D eigenvalue weighted by Gasteiger charge is 2.32. The second-order valence-electron chi connectivity index (χ2n) is 4.42. The Kier molecular flexibility index (Phi) is 6.96. The fourth-order valence-electron chi connectivity index (χ4n) is 2.02. The molecular formula is C12H25NO3. The van der Waals surface area contributed by atoms with Crippen molar-refractivity contribution in [3.8, 4) is 0 Å². The van der Waals surface area contributed by atoms with Gasteiger partial charge in [0.15, 0.2) is 0 Å². The summed E-state index contributed by atoms with van der Waals surface area (Å²) in [6.07, 6.45) is 2.18. The third kappa shape index (κ3) is 4.78. The van der Waals surface area contributed by atoms with E-state index in [4.69, 9.17) is 14.2 Å². The molecule has 1 N–H and O–H groups in total. The molecule has 16 heavy (non-hydrogen) atoms. The number of ether oxygens (including phenoxy) is 3. The van der Waals surface area contributed by atoms with Gasteiger partial charge < -0.3 is 19.5 Å². The van der Waals surface area contributed by atoms with Crippen molar-refractivity contribution in [2.24, 2.45) is 5.41 Å². The van der Waals surface area contributed by atoms with Crippen LogP contribution in [0.4, 0.5) is 0 Å². The zero-order valence-electron chi connectivity index (χ0n) is 10.6. The SMILES string of the molecule is CCOCC1(CNCCOC)CCOCC1. The molecule has 1 aliphatic heterocycles. The van der Waals surface area contributed by atoms with E-state index in [2.05, 4.69) is 5.32 Å². The van der Waals surface area contributed by atoms with Crippen LogP contribution in [0, 0.1) is 5.41 Å². The maximum absolute atomic E-state index is 5.61. The van der Waals surface area contributed by atoms with E-state index in [1.165, 1.54) is 0 Å². The summed E-state index contributed by atoms with van der Waals surface area (Å²) in [4.78, 5) is 0. The van der Waals surface area contributed by atoms with Crippen LogP contribution in [0.3, 0.4) is 0 Å². The van der Waals surface area contributed by atoms with Crippen molar-refractivity contribution in [2.75, 3.05) is 53.2 Å². The predicted octanol–water partition coefficient (Wildman–Crippen LogP) is 1.06. The molecule has 0 amide bonds. The van der Waals surface area contributed by atoms with Crippen molar-refractivity contribution in [3.05, 3.63) is 0 Å². The second kappa shape index (κ2) is 8.01. The zero-order valence-corrected chi connectivity index (χ0v) is 10.6. The Morgan fingerprint density at radius 3 is 2.69 bits per heavy atom. The molecule has 96 valence electrons. The Bertz CT molecular complexity index is 170. The number of rotatable bonds is 8. The van der Waals surface area contributed by atoms with Crippen molar-refractivity contribution in [3.63, 3.8) is 0 Å². The van der Waals surface area contributed by atoms with E-state index in [-0.39, 0.29) is 5.41 Å². The zero-order chi connectivity index (χ0) is 11.7. The molecule has 0 aliphatic carbocycles. The van der Waals surface area contributed by atoms with Gasteiger partial charge in [0.25, 0.3) is 0 Å². The molecule has 1 rings (SSSR count). The first-order valence-electron chi connectivity index (χ1n) is 6.18. The summed E-state index contributed by atoms with van der Waals surface area (Å²) >= 11 is 0. The van der Waals surface area contributed by atoms with Crippen LogP contribution in [-0.2, 0) is 14.2 Å². The smallest absolute Gasteiger partial charge is 0.0587 e. The van der Waals surface area contributed by atoms with Gasteiger partial charge in [-0.2, -0.15) is 0 Å². The molecule has 0 aromatic heterocycles. The molecule has 1 fully saturated rings. The van der Waals surface area contributed by atoms with Crippen LogP contribution in [0.15, 0.2) is 0 Å². The Hall–Kier alpha value is -0.160. The van der Waals surface area contributed by atoms with Gasteiger partial charge in [0, 0.05) is 45.4 Å². The quantitative estimate of drug-likeness (QED) is 0.634. The first-order valence-corrected chi connectivity index (χ1v) is 6.18. The summed E-state index contributed by atoms with van der Waals surface area (Å²) in [5, 5.41) is 3.45. The fraction of sp³-hybridized carbons (Fsp3) is 1.00. The summed E-state index contributed by atoms with van der Waals surface area (Å²) in [6.45, 7) is 8.07. The maximum atomic E-state index is 5.61. The molecule has 0 atom stereocenters. The van der Waals surface area contributed by atoms with Crippen molar-refractivity contribution in [1.82, 2.24) is 5.32 Å². The van der Waals surface area contributed by atoms with Gasteiger partial charge in [0.05, 0.1) is 13.2 Å². The molecule has 1 aliphatic rings. The lowest BCUT2D eigenvalue weighted by molar-refractivity contribution is -0.0365. The van der Waals surface area contributed by atoms with Gasteiger partial charge in [0.2, 0.25) is 0 Å². The molecule has 0 radical (unpaired) electrons. The minimum absolute atomic E-state index is 0.266. The van der Waals surface area contributed by atoms with Crippen LogP contribution in [0.2, 0.25) is 0 Å². The lowest BCUT2D eigenvalue weighted by atomic mass is 9.81. The minimum Gasteiger partial charge on any atom is -0.383 e. The summed E-state index contributed by atoms with van der Waals surface area (Å²) in [5.74, 6) is 0. The van der Waals surface area contributed by atoms with Gasteiger partial charge in [-0.25, -0.2) is 0 Å². The number of hydrogen-bond donors (Lipinski definition) is 1. The van der Waals surface area contributed by atoms with Crippen molar-refractivity contribution >= 4 is 0 Å². The van der Waals surface area contributed by atoms with Gasteiger partial charge in [-0.15, -0.1) is 0 Å². The van der Waals surface area contributed by atoms with Gasteiger partial charge in [0.1, 0.15) is 0 Å². The summed E-state index contributed by atoms with van der Waals surface area (Å²) in [6, 6.07) is 0. The third-order valence-electron chi connectivity index (χ3n) is 3.15. The molecule has 0 bridgehead atoms. The van der Waals surface area contributed by atoms with Crippen LogP contribution < -0.4 is 5.32 Å². The summed E-state index contributed by atoms with van der Waals surface area (Å²) in [5.41, 5.74) is 0.266. The van der Waals surface area contributed by atoms with E-state index in [9.17, 15) is 0 Å². The standard InChI is InChI=1S/C12H25NO3/c1-3-15-11-12(4-7-16-8-5-12)10-13-6-9-14-2/h13H,3-11H2,1-2H3. The minimum atomic E-state index is 0.266. The normalized spacial score (nSPS) is 19.9. The lowest BCUT2D eigenvalue weighted by Crippen LogP contribution is -2.43. The first-order chi connectivity index (χ1) is 7.83. The number of nitrogens with one attached hydrogen (secondary N) is 1. The molecule has 0 saturated carbocycles. The van der Waals surface area contributed by atoms with E-state index in [0.29, 0.717) is 0 Å². The average Bonchev–Trinajstić information content (AvgIpc) is 2.34. The van der Waals surface area contributed by atoms with Crippen LogP contribution in [0.25, 0.3) is 0 Å². The maximum Gasteiger partial charge on any atom is 0.0587 e. The largest absolute Gasteiger partial charge is 0.383 e. The summed E-state index contributed by atoms with van der Waals surface area (Å²) in [7, 11) is 1.73. The van der Waals surface area contributed by atoms with E-state index in [1.54, 1.807) is 7.11 Å². The van der Waals surface area contributed by atoms with Gasteiger partial charge >= 0.3 is 0 Å². The molecule has 4 nitrogen and oxygen atoms in total. The Labute approximate surface area is 98.6 Å². The molecule has 4 heteroatoms. The molecule has 0 spiro atoms.